The molecule has 2 aromatic heterocycles. The lowest BCUT2D eigenvalue weighted by molar-refractivity contribution is 0.0769. The van der Waals surface area contributed by atoms with Crippen molar-refractivity contribution in [3.05, 3.63) is 39.3 Å². The molecule has 7 nitrogen and oxygen atoms in total. The SMILES string of the molecule is C=CCn1c(C)nc2c1c(=O)[nH]c(=O)n2COCCC. The lowest BCUT2D eigenvalue weighted by Gasteiger charge is -2.07. The summed E-state index contributed by atoms with van der Waals surface area (Å²) < 4.78 is 8.43. The summed E-state index contributed by atoms with van der Waals surface area (Å²) in [6.07, 6.45) is 2.53. The van der Waals surface area contributed by atoms with Crippen LogP contribution >= 0.6 is 0 Å². The van der Waals surface area contributed by atoms with Crippen LogP contribution in [0.25, 0.3) is 11.2 Å². The Morgan fingerprint density at radius 2 is 2.15 bits per heavy atom. The minimum Gasteiger partial charge on any atom is -0.361 e. The van der Waals surface area contributed by atoms with Gasteiger partial charge in [0.2, 0.25) is 0 Å². The fourth-order valence-electron chi connectivity index (χ4n) is 2.05. The standard InChI is InChI=1S/C13H18N4O3/c1-4-6-16-9(3)14-11-10(16)12(18)15-13(19)17(11)8-20-7-5-2/h4H,1,5-8H2,2-3H3,(H,15,18,19). The molecule has 0 atom stereocenters. The molecule has 0 fully saturated rings. The van der Waals surface area contributed by atoms with Crippen LogP contribution in [0.3, 0.4) is 0 Å². The molecule has 0 amide bonds. The topological polar surface area (TPSA) is 81.9 Å². The first kappa shape index (κ1) is 14.3. The first-order chi connectivity index (χ1) is 9.60. The highest BCUT2D eigenvalue weighted by molar-refractivity contribution is 5.70. The van der Waals surface area contributed by atoms with E-state index in [1.807, 2.05) is 6.92 Å². The van der Waals surface area contributed by atoms with Crippen molar-refractivity contribution < 1.29 is 4.74 Å². The summed E-state index contributed by atoms with van der Waals surface area (Å²) in [5, 5.41) is 0. The van der Waals surface area contributed by atoms with Gasteiger partial charge in [-0.05, 0) is 13.3 Å². The molecule has 7 heteroatoms. The molecule has 0 spiro atoms. The van der Waals surface area contributed by atoms with E-state index < -0.39 is 11.2 Å². The molecule has 1 N–H and O–H groups in total. The number of hydrogen-bond acceptors (Lipinski definition) is 4. The molecule has 0 aliphatic rings. The number of aryl methyl sites for hydroxylation is 1. The molecule has 0 radical (unpaired) electrons. The summed E-state index contributed by atoms with van der Waals surface area (Å²) in [5.74, 6) is 0.653. The number of aromatic nitrogens is 4. The fraction of sp³-hybridized carbons (Fsp3) is 0.462. The van der Waals surface area contributed by atoms with Crippen LogP contribution in [0.2, 0.25) is 0 Å². The van der Waals surface area contributed by atoms with Crippen LogP contribution in [0.4, 0.5) is 0 Å². The first-order valence-electron chi connectivity index (χ1n) is 6.48. The van der Waals surface area contributed by atoms with Crippen molar-refractivity contribution in [2.75, 3.05) is 6.61 Å². The monoisotopic (exact) mass is 278 g/mol. The van der Waals surface area contributed by atoms with Crippen LogP contribution in [-0.2, 0) is 18.0 Å². The van der Waals surface area contributed by atoms with Gasteiger partial charge in [-0.15, -0.1) is 6.58 Å². The van der Waals surface area contributed by atoms with Crippen molar-refractivity contribution in [1.82, 2.24) is 19.1 Å². The predicted molar refractivity (Wildman–Crippen MR) is 75.8 cm³/mol. The maximum atomic E-state index is 12.0. The van der Waals surface area contributed by atoms with E-state index in [4.69, 9.17) is 4.74 Å². The highest BCUT2D eigenvalue weighted by Crippen LogP contribution is 2.10. The number of fused-ring (bicyclic) bond motifs is 1. The molecule has 0 saturated heterocycles. The minimum absolute atomic E-state index is 0.0739. The third-order valence-corrected chi connectivity index (χ3v) is 2.96. The normalized spacial score (nSPS) is 11.1. The van der Waals surface area contributed by atoms with Gasteiger partial charge in [0.05, 0.1) is 0 Å². The maximum Gasteiger partial charge on any atom is 0.332 e. The van der Waals surface area contributed by atoms with Crippen LogP contribution in [0.5, 0.6) is 0 Å². The number of hydrogen-bond donors (Lipinski definition) is 1. The molecule has 2 heterocycles. The lowest BCUT2D eigenvalue weighted by Crippen LogP contribution is -2.31. The van der Waals surface area contributed by atoms with Crippen molar-refractivity contribution in [3.63, 3.8) is 0 Å². The van der Waals surface area contributed by atoms with Gasteiger partial charge in [-0.1, -0.05) is 13.0 Å². The Morgan fingerprint density at radius 3 is 2.80 bits per heavy atom. The highest BCUT2D eigenvalue weighted by Gasteiger charge is 2.15. The van der Waals surface area contributed by atoms with Crippen LogP contribution in [0, 0.1) is 6.92 Å². The summed E-state index contributed by atoms with van der Waals surface area (Å²) in [6.45, 7) is 8.50. The third kappa shape index (κ3) is 2.44. The van der Waals surface area contributed by atoms with Gasteiger partial charge in [-0.3, -0.25) is 14.3 Å². The first-order valence-corrected chi connectivity index (χ1v) is 6.48. The number of ether oxygens (including phenoxy) is 1. The molecule has 0 aliphatic carbocycles. The average molecular weight is 278 g/mol. The van der Waals surface area contributed by atoms with E-state index in [-0.39, 0.29) is 6.73 Å². The third-order valence-electron chi connectivity index (χ3n) is 2.96. The Bertz CT molecular complexity index is 738. The zero-order chi connectivity index (χ0) is 14.7. The van der Waals surface area contributed by atoms with E-state index in [9.17, 15) is 9.59 Å². The Labute approximate surface area is 115 Å². The molecule has 108 valence electrons. The second-order valence-corrected chi connectivity index (χ2v) is 4.46. The minimum atomic E-state index is -0.512. The van der Waals surface area contributed by atoms with E-state index in [0.29, 0.717) is 30.1 Å². The Morgan fingerprint density at radius 1 is 1.40 bits per heavy atom. The second kappa shape index (κ2) is 5.87. The molecule has 0 saturated carbocycles. The number of nitrogens with zero attached hydrogens (tertiary/aromatic N) is 3. The van der Waals surface area contributed by atoms with Crippen LogP contribution in [0.15, 0.2) is 22.2 Å². The second-order valence-electron chi connectivity index (χ2n) is 4.46. The maximum absolute atomic E-state index is 12.0. The van der Waals surface area contributed by atoms with Gasteiger partial charge >= 0.3 is 5.69 Å². The van der Waals surface area contributed by atoms with E-state index in [1.54, 1.807) is 17.6 Å². The van der Waals surface area contributed by atoms with Gasteiger partial charge < -0.3 is 9.30 Å². The Kier molecular flexibility index (Phi) is 4.19. The molecular formula is C13H18N4O3. The lowest BCUT2D eigenvalue weighted by atomic mass is 10.5. The molecule has 2 rings (SSSR count). The molecule has 20 heavy (non-hydrogen) atoms. The molecule has 0 bridgehead atoms. The summed E-state index contributed by atoms with van der Waals surface area (Å²) in [7, 11) is 0. The van der Waals surface area contributed by atoms with Crippen LogP contribution in [0.1, 0.15) is 19.2 Å². The molecule has 0 unspecified atom stereocenters. The zero-order valence-corrected chi connectivity index (χ0v) is 11.7. The molecule has 0 aliphatic heterocycles. The molecule has 0 aromatic carbocycles. The van der Waals surface area contributed by atoms with E-state index in [0.717, 1.165) is 6.42 Å². The number of imidazole rings is 1. The number of rotatable bonds is 6. The zero-order valence-electron chi connectivity index (χ0n) is 11.7. The van der Waals surface area contributed by atoms with Crippen LogP contribution in [-0.4, -0.2) is 25.7 Å². The molecular weight excluding hydrogens is 260 g/mol. The summed E-state index contributed by atoms with van der Waals surface area (Å²) in [4.78, 5) is 30.5. The fourth-order valence-corrected chi connectivity index (χ4v) is 2.05. The van der Waals surface area contributed by atoms with Gasteiger partial charge in [-0.25, -0.2) is 9.78 Å². The van der Waals surface area contributed by atoms with Crippen molar-refractivity contribution in [2.45, 2.75) is 33.5 Å². The molecule has 2 aromatic rings. The van der Waals surface area contributed by atoms with Crippen molar-refractivity contribution in [2.24, 2.45) is 0 Å². The summed E-state index contributed by atoms with van der Waals surface area (Å²) >= 11 is 0. The van der Waals surface area contributed by atoms with Gasteiger partial charge in [0.1, 0.15) is 12.6 Å². The van der Waals surface area contributed by atoms with E-state index >= 15 is 0 Å². The van der Waals surface area contributed by atoms with Crippen molar-refractivity contribution in [3.8, 4) is 0 Å². The number of allylic oxidation sites excluding steroid dienone is 1. The number of aromatic amines is 1. The predicted octanol–water partition coefficient (Wildman–Crippen LogP) is 0.765. The summed E-state index contributed by atoms with van der Waals surface area (Å²) in [5.41, 5.74) is -0.252. The average Bonchev–Trinajstić information content (AvgIpc) is 2.72. The number of H-pyrrole nitrogens is 1. The largest absolute Gasteiger partial charge is 0.361 e. The van der Waals surface area contributed by atoms with Gasteiger partial charge in [-0.2, -0.15) is 0 Å². The summed E-state index contributed by atoms with van der Waals surface area (Å²) in [6, 6.07) is 0. The van der Waals surface area contributed by atoms with E-state index in [2.05, 4.69) is 16.5 Å². The van der Waals surface area contributed by atoms with Gasteiger partial charge in [0.25, 0.3) is 5.56 Å². The van der Waals surface area contributed by atoms with Gasteiger partial charge in [0.15, 0.2) is 11.2 Å². The van der Waals surface area contributed by atoms with Crippen LogP contribution < -0.4 is 11.2 Å². The van der Waals surface area contributed by atoms with E-state index in [1.165, 1.54) is 4.57 Å². The smallest absolute Gasteiger partial charge is 0.332 e. The quantitative estimate of drug-likeness (QED) is 0.625. The highest BCUT2D eigenvalue weighted by atomic mass is 16.5. The Hall–Kier alpha value is -2.15. The van der Waals surface area contributed by atoms with Crippen molar-refractivity contribution >= 4 is 11.2 Å². The number of nitrogens with one attached hydrogen (secondary N) is 1. The van der Waals surface area contributed by atoms with Gasteiger partial charge in [0, 0.05) is 13.2 Å². The van der Waals surface area contributed by atoms with Crippen molar-refractivity contribution in [1.29, 1.82) is 0 Å². The Balaban J connectivity index is 2.63.